The summed E-state index contributed by atoms with van der Waals surface area (Å²) in [6.45, 7) is 6.83. The van der Waals surface area contributed by atoms with Crippen LogP contribution in [0.2, 0.25) is 0 Å². The standard InChI is InChI=1S/C21H23N3O2/c1-4-24-19-11-10-17(12-18(19)23-15(3)21(24)26)20(25)22-13-14(2)16-8-6-5-7-9-16/h5-12,14H,4,13H2,1-3H3,(H,22,25)/t14-/m0/s1. The lowest BCUT2D eigenvalue weighted by atomic mass is 10.0. The zero-order valence-electron chi connectivity index (χ0n) is 15.3. The van der Waals surface area contributed by atoms with Crippen LogP contribution in [0.25, 0.3) is 11.0 Å². The average Bonchev–Trinajstić information content (AvgIpc) is 2.67. The second kappa shape index (κ2) is 7.52. The Bertz CT molecular complexity index is 993. The Morgan fingerprint density at radius 1 is 1.19 bits per heavy atom. The lowest BCUT2D eigenvalue weighted by molar-refractivity contribution is 0.0952. The van der Waals surface area contributed by atoms with E-state index in [0.717, 1.165) is 5.52 Å². The molecule has 5 nitrogen and oxygen atoms in total. The van der Waals surface area contributed by atoms with Crippen LogP contribution in [-0.2, 0) is 6.54 Å². The first kappa shape index (κ1) is 17.9. The van der Waals surface area contributed by atoms with E-state index in [4.69, 9.17) is 0 Å². The van der Waals surface area contributed by atoms with Crippen molar-refractivity contribution in [3.8, 4) is 0 Å². The van der Waals surface area contributed by atoms with Gasteiger partial charge in [-0.3, -0.25) is 9.59 Å². The molecule has 0 spiro atoms. The Hall–Kier alpha value is -2.95. The van der Waals surface area contributed by atoms with Crippen LogP contribution in [0.15, 0.2) is 53.3 Å². The summed E-state index contributed by atoms with van der Waals surface area (Å²) in [5.74, 6) is 0.0922. The van der Waals surface area contributed by atoms with E-state index in [2.05, 4.69) is 29.4 Å². The van der Waals surface area contributed by atoms with Crippen LogP contribution in [0.3, 0.4) is 0 Å². The topological polar surface area (TPSA) is 64.0 Å². The molecule has 1 amide bonds. The normalized spacial score (nSPS) is 12.1. The van der Waals surface area contributed by atoms with E-state index in [1.165, 1.54) is 5.56 Å². The molecule has 26 heavy (non-hydrogen) atoms. The Morgan fingerprint density at radius 2 is 1.92 bits per heavy atom. The molecule has 1 heterocycles. The van der Waals surface area contributed by atoms with E-state index in [1.807, 2.05) is 25.1 Å². The second-order valence-electron chi connectivity index (χ2n) is 6.47. The molecule has 1 N–H and O–H groups in total. The van der Waals surface area contributed by atoms with Crippen LogP contribution in [0.5, 0.6) is 0 Å². The molecule has 0 fully saturated rings. The number of carbonyl (C=O) groups is 1. The fourth-order valence-corrected chi connectivity index (χ4v) is 3.08. The smallest absolute Gasteiger partial charge is 0.272 e. The summed E-state index contributed by atoms with van der Waals surface area (Å²) in [5.41, 5.74) is 3.50. The summed E-state index contributed by atoms with van der Waals surface area (Å²) in [5, 5.41) is 2.98. The number of benzene rings is 2. The summed E-state index contributed by atoms with van der Waals surface area (Å²) in [7, 11) is 0. The number of nitrogens with one attached hydrogen (secondary N) is 1. The quantitative estimate of drug-likeness (QED) is 0.769. The molecule has 0 unspecified atom stereocenters. The predicted octanol–water partition coefficient (Wildman–Crippen LogP) is 3.26. The Morgan fingerprint density at radius 3 is 2.62 bits per heavy atom. The van der Waals surface area contributed by atoms with E-state index in [0.29, 0.717) is 29.9 Å². The SMILES string of the molecule is CCn1c(=O)c(C)nc2cc(C(=O)NC[C@H](C)c3ccccc3)ccc21. The first-order chi connectivity index (χ1) is 12.5. The van der Waals surface area contributed by atoms with E-state index in [9.17, 15) is 9.59 Å². The third kappa shape index (κ3) is 3.52. The van der Waals surface area contributed by atoms with Gasteiger partial charge in [0.25, 0.3) is 11.5 Å². The van der Waals surface area contributed by atoms with Gasteiger partial charge in [0.2, 0.25) is 0 Å². The average molecular weight is 349 g/mol. The highest BCUT2D eigenvalue weighted by Crippen LogP contribution is 2.15. The fourth-order valence-electron chi connectivity index (χ4n) is 3.08. The van der Waals surface area contributed by atoms with Gasteiger partial charge in [0.05, 0.1) is 11.0 Å². The zero-order valence-corrected chi connectivity index (χ0v) is 15.3. The van der Waals surface area contributed by atoms with Gasteiger partial charge in [-0.1, -0.05) is 37.3 Å². The molecule has 0 radical (unpaired) electrons. The molecule has 1 atom stereocenters. The van der Waals surface area contributed by atoms with Crippen LogP contribution in [0.1, 0.15) is 41.4 Å². The van der Waals surface area contributed by atoms with Gasteiger partial charge in [-0.2, -0.15) is 0 Å². The van der Waals surface area contributed by atoms with Gasteiger partial charge >= 0.3 is 0 Å². The first-order valence-corrected chi connectivity index (χ1v) is 8.85. The van der Waals surface area contributed by atoms with E-state index >= 15 is 0 Å². The highest BCUT2D eigenvalue weighted by molar-refractivity contribution is 5.97. The van der Waals surface area contributed by atoms with Gasteiger partial charge in [-0.25, -0.2) is 4.98 Å². The highest BCUT2D eigenvalue weighted by Gasteiger charge is 2.12. The van der Waals surface area contributed by atoms with Crippen molar-refractivity contribution >= 4 is 16.9 Å². The summed E-state index contributed by atoms with van der Waals surface area (Å²) >= 11 is 0. The molecular formula is C21H23N3O2. The van der Waals surface area contributed by atoms with Gasteiger partial charge in [0, 0.05) is 18.7 Å². The van der Waals surface area contributed by atoms with E-state index < -0.39 is 0 Å². The molecule has 2 aromatic carbocycles. The van der Waals surface area contributed by atoms with Crippen LogP contribution < -0.4 is 10.9 Å². The van der Waals surface area contributed by atoms with Crippen molar-refractivity contribution in [2.24, 2.45) is 0 Å². The second-order valence-corrected chi connectivity index (χ2v) is 6.47. The number of fused-ring (bicyclic) bond motifs is 1. The number of hydrogen-bond donors (Lipinski definition) is 1. The lowest BCUT2D eigenvalue weighted by Gasteiger charge is -2.14. The Balaban J connectivity index is 1.81. The summed E-state index contributed by atoms with van der Waals surface area (Å²) in [4.78, 5) is 29.0. The van der Waals surface area contributed by atoms with Gasteiger partial charge in [-0.05, 0) is 43.5 Å². The maximum absolute atomic E-state index is 12.5. The summed E-state index contributed by atoms with van der Waals surface area (Å²) in [6, 6.07) is 15.4. The van der Waals surface area contributed by atoms with Crippen molar-refractivity contribution in [3.63, 3.8) is 0 Å². The van der Waals surface area contributed by atoms with E-state index in [-0.39, 0.29) is 17.4 Å². The minimum absolute atomic E-state index is 0.0890. The number of amides is 1. The number of hydrogen-bond acceptors (Lipinski definition) is 3. The molecule has 0 saturated carbocycles. The fraction of sp³-hybridized carbons (Fsp3) is 0.286. The largest absolute Gasteiger partial charge is 0.351 e. The highest BCUT2D eigenvalue weighted by atomic mass is 16.1. The van der Waals surface area contributed by atoms with Crippen molar-refractivity contribution in [1.29, 1.82) is 0 Å². The molecule has 0 aliphatic rings. The molecule has 134 valence electrons. The van der Waals surface area contributed by atoms with Crippen molar-refractivity contribution in [3.05, 3.63) is 75.7 Å². The Labute approximate surface area is 152 Å². The van der Waals surface area contributed by atoms with Crippen molar-refractivity contribution < 1.29 is 4.79 Å². The third-order valence-electron chi connectivity index (χ3n) is 4.62. The number of nitrogens with zero attached hydrogens (tertiary/aromatic N) is 2. The lowest BCUT2D eigenvalue weighted by Crippen LogP contribution is -2.28. The molecule has 1 aromatic heterocycles. The zero-order chi connectivity index (χ0) is 18.7. The maximum Gasteiger partial charge on any atom is 0.272 e. The number of rotatable bonds is 5. The minimum Gasteiger partial charge on any atom is -0.351 e. The molecule has 0 bridgehead atoms. The van der Waals surface area contributed by atoms with Gasteiger partial charge in [0.1, 0.15) is 5.69 Å². The van der Waals surface area contributed by atoms with Crippen LogP contribution in [0, 0.1) is 6.92 Å². The van der Waals surface area contributed by atoms with Gasteiger partial charge < -0.3 is 9.88 Å². The summed E-state index contributed by atoms with van der Waals surface area (Å²) in [6.07, 6.45) is 0. The number of aromatic nitrogens is 2. The summed E-state index contributed by atoms with van der Waals surface area (Å²) < 4.78 is 1.68. The predicted molar refractivity (Wildman–Crippen MR) is 104 cm³/mol. The molecule has 0 aliphatic carbocycles. The molecule has 5 heteroatoms. The number of aryl methyl sites for hydroxylation is 2. The van der Waals surface area contributed by atoms with Crippen LogP contribution in [-0.4, -0.2) is 22.0 Å². The van der Waals surface area contributed by atoms with Gasteiger partial charge in [0.15, 0.2) is 0 Å². The number of carbonyl (C=O) groups excluding carboxylic acids is 1. The Kier molecular flexibility index (Phi) is 5.16. The molecule has 3 rings (SSSR count). The monoisotopic (exact) mass is 349 g/mol. The first-order valence-electron chi connectivity index (χ1n) is 8.85. The van der Waals surface area contributed by atoms with Crippen LogP contribution in [0.4, 0.5) is 0 Å². The molecule has 0 aliphatic heterocycles. The minimum atomic E-state index is -0.136. The molecule has 3 aromatic rings. The van der Waals surface area contributed by atoms with Crippen LogP contribution >= 0.6 is 0 Å². The van der Waals surface area contributed by atoms with Gasteiger partial charge in [-0.15, -0.1) is 0 Å². The molecule has 0 saturated heterocycles. The molecular weight excluding hydrogens is 326 g/mol. The van der Waals surface area contributed by atoms with Crippen molar-refractivity contribution in [1.82, 2.24) is 14.9 Å². The maximum atomic E-state index is 12.5. The van der Waals surface area contributed by atoms with Crippen molar-refractivity contribution in [2.75, 3.05) is 6.54 Å². The van der Waals surface area contributed by atoms with Crippen molar-refractivity contribution in [2.45, 2.75) is 33.2 Å². The third-order valence-corrected chi connectivity index (χ3v) is 4.62. The van der Waals surface area contributed by atoms with E-state index in [1.54, 1.807) is 29.7 Å².